The Hall–Kier alpha value is -4.66. The smallest absolute Gasteiger partial charge is 0.393 e. The molecule has 3 heterocycles. The van der Waals surface area contributed by atoms with Gasteiger partial charge in [-0.3, -0.25) is 10.1 Å². The molecule has 9 heteroatoms. The summed E-state index contributed by atoms with van der Waals surface area (Å²) in [6.07, 6.45) is 1.16. The number of pyridine rings is 2. The third-order valence-electron chi connectivity index (χ3n) is 5.00. The molecule has 0 aliphatic heterocycles. The fourth-order valence-corrected chi connectivity index (χ4v) is 3.46. The number of benzene rings is 2. The number of aromatic nitrogens is 4. The number of ether oxygens (including phenoxy) is 2. The van der Waals surface area contributed by atoms with Gasteiger partial charge in [-0.15, -0.1) is 0 Å². The maximum Gasteiger partial charge on any atom is 0.393 e. The van der Waals surface area contributed by atoms with Crippen molar-refractivity contribution in [2.75, 3.05) is 0 Å². The van der Waals surface area contributed by atoms with E-state index in [1.54, 1.807) is 24.3 Å². The van der Waals surface area contributed by atoms with Gasteiger partial charge >= 0.3 is 17.4 Å². The Morgan fingerprint density at radius 1 is 0.727 bits per heavy atom. The predicted molar refractivity (Wildman–Crippen MR) is 122 cm³/mol. The van der Waals surface area contributed by atoms with Crippen LogP contribution in [0.15, 0.2) is 67.0 Å². The Balaban J connectivity index is 1.59. The Labute approximate surface area is 187 Å². The highest BCUT2D eigenvalue weighted by atomic mass is 16.6. The Kier molecular flexibility index (Phi) is 4.98. The normalized spacial score (nSPS) is 11.0. The SMILES string of the molecule is Cc1ccc2cccc(Oc3ncnc(Oc4cccc5ccc(C)nc45)c3[N+](=O)[O-])c2n1. The second-order valence-corrected chi connectivity index (χ2v) is 7.35. The van der Waals surface area contributed by atoms with Gasteiger partial charge in [0.25, 0.3) is 0 Å². The molecule has 0 amide bonds. The van der Waals surface area contributed by atoms with E-state index in [1.807, 2.05) is 50.2 Å². The van der Waals surface area contributed by atoms with Gasteiger partial charge in [0.15, 0.2) is 11.5 Å². The van der Waals surface area contributed by atoms with Crippen LogP contribution in [0.2, 0.25) is 0 Å². The van der Waals surface area contributed by atoms with E-state index in [4.69, 9.17) is 9.47 Å². The van der Waals surface area contributed by atoms with Crippen molar-refractivity contribution in [3.63, 3.8) is 0 Å². The fourth-order valence-electron chi connectivity index (χ4n) is 3.46. The monoisotopic (exact) mass is 439 g/mol. The third kappa shape index (κ3) is 3.87. The first-order valence-corrected chi connectivity index (χ1v) is 10.1. The Morgan fingerprint density at radius 3 is 1.67 bits per heavy atom. The highest BCUT2D eigenvalue weighted by Crippen LogP contribution is 2.40. The summed E-state index contributed by atoms with van der Waals surface area (Å²) >= 11 is 0. The molecule has 0 aliphatic carbocycles. The molecule has 162 valence electrons. The fraction of sp³-hybridized carbons (Fsp3) is 0.0833. The minimum absolute atomic E-state index is 0.245. The summed E-state index contributed by atoms with van der Waals surface area (Å²) < 4.78 is 11.7. The molecule has 0 saturated carbocycles. The van der Waals surface area contributed by atoms with Gasteiger partial charge in [0.05, 0.1) is 4.92 Å². The molecule has 0 N–H and O–H groups in total. The van der Waals surface area contributed by atoms with Gasteiger partial charge in [-0.2, -0.15) is 9.97 Å². The summed E-state index contributed by atoms with van der Waals surface area (Å²) in [7, 11) is 0. The van der Waals surface area contributed by atoms with E-state index >= 15 is 0 Å². The highest BCUT2D eigenvalue weighted by Gasteiger charge is 2.28. The summed E-state index contributed by atoms with van der Waals surface area (Å²) in [5.74, 6) is 0.188. The van der Waals surface area contributed by atoms with Gasteiger partial charge in [0.2, 0.25) is 0 Å². The van der Waals surface area contributed by atoms with Gasteiger partial charge in [-0.1, -0.05) is 36.4 Å². The van der Waals surface area contributed by atoms with E-state index in [9.17, 15) is 10.1 Å². The Morgan fingerprint density at radius 2 is 1.21 bits per heavy atom. The standard InChI is InChI=1S/C24H17N5O4/c1-14-9-11-16-5-3-7-18(20(16)27-14)32-23-22(29(30)31)24(26-13-25-23)33-19-8-4-6-17-12-10-15(2)28-21(17)19/h3-13H,1-2H3. The number of nitro groups is 1. The lowest BCUT2D eigenvalue weighted by Gasteiger charge is -2.11. The van der Waals surface area contributed by atoms with E-state index in [1.165, 1.54) is 0 Å². The molecule has 9 nitrogen and oxygen atoms in total. The van der Waals surface area contributed by atoms with E-state index in [0.29, 0.717) is 22.5 Å². The van der Waals surface area contributed by atoms with E-state index in [0.717, 1.165) is 28.5 Å². The average Bonchev–Trinajstić information content (AvgIpc) is 2.80. The summed E-state index contributed by atoms with van der Waals surface area (Å²) in [6, 6.07) is 18.3. The zero-order valence-corrected chi connectivity index (χ0v) is 17.7. The lowest BCUT2D eigenvalue weighted by atomic mass is 10.2. The van der Waals surface area contributed by atoms with Crippen molar-refractivity contribution in [2.45, 2.75) is 13.8 Å². The van der Waals surface area contributed by atoms with Crippen molar-refractivity contribution in [2.24, 2.45) is 0 Å². The van der Waals surface area contributed by atoms with Crippen LogP contribution < -0.4 is 9.47 Å². The second-order valence-electron chi connectivity index (χ2n) is 7.35. The van der Waals surface area contributed by atoms with Gasteiger partial charge in [-0.25, -0.2) is 9.97 Å². The largest absolute Gasteiger partial charge is 0.431 e. The molecule has 0 bridgehead atoms. The van der Waals surface area contributed by atoms with E-state index in [-0.39, 0.29) is 11.8 Å². The quantitative estimate of drug-likeness (QED) is 0.254. The van der Waals surface area contributed by atoms with Crippen molar-refractivity contribution >= 4 is 27.5 Å². The molecule has 0 saturated heterocycles. The van der Waals surface area contributed by atoms with Crippen molar-refractivity contribution in [1.29, 1.82) is 0 Å². The van der Waals surface area contributed by atoms with E-state index in [2.05, 4.69) is 19.9 Å². The number of rotatable bonds is 5. The van der Waals surface area contributed by atoms with Gasteiger partial charge in [-0.05, 0) is 38.1 Å². The number of fused-ring (bicyclic) bond motifs is 2. The summed E-state index contributed by atoms with van der Waals surface area (Å²) in [5.41, 5.74) is 2.23. The average molecular weight is 439 g/mol. The number of para-hydroxylation sites is 2. The van der Waals surface area contributed by atoms with E-state index < -0.39 is 10.6 Å². The van der Waals surface area contributed by atoms with Crippen molar-refractivity contribution in [3.8, 4) is 23.3 Å². The minimum atomic E-state index is -0.627. The van der Waals surface area contributed by atoms with Crippen LogP contribution in [-0.2, 0) is 0 Å². The number of hydrogen-bond donors (Lipinski definition) is 0. The lowest BCUT2D eigenvalue weighted by molar-refractivity contribution is -0.387. The molecule has 33 heavy (non-hydrogen) atoms. The van der Waals surface area contributed by atoms with Crippen LogP contribution in [0.5, 0.6) is 23.3 Å². The molecule has 0 spiro atoms. The molecular formula is C24H17N5O4. The summed E-state index contributed by atoms with van der Waals surface area (Å²) in [5, 5.41) is 13.7. The maximum absolute atomic E-state index is 12.0. The lowest BCUT2D eigenvalue weighted by Crippen LogP contribution is -2.02. The van der Waals surface area contributed by atoms with Gasteiger partial charge in [0, 0.05) is 22.2 Å². The molecule has 0 fully saturated rings. The summed E-state index contributed by atoms with van der Waals surface area (Å²) in [6.45, 7) is 3.71. The zero-order chi connectivity index (χ0) is 22.9. The topological polar surface area (TPSA) is 113 Å². The molecule has 0 radical (unpaired) electrons. The van der Waals surface area contributed by atoms with Gasteiger partial charge < -0.3 is 9.47 Å². The molecule has 0 aliphatic rings. The first-order chi connectivity index (χ1) is 16.0. The van der Waals surface area contributed by atoms with Crippen molar-refractivity contribution in [1.82, 2.24) is 19.9 Å². The summed E-state index contributed by atoms with van der Waals surface area (Å²) in [4.78, 5) is 28.4. The van der Waals surface area contributed by atoms with Crippen LogP contribution in [0.1, 0.15) is 11.4 Å². The number of nitrogens with zero attached hydrogens (tertiary/aromatic N) is 5. The molecule has 0 atom stereocenters. The third-order valence-corrected chi connectivity index (χ3v) is 5.00. The minimum Gasteiger partial charge on any atom is -0.431 e. The number of aryl methyl sites for hydroxylation is 2. The van der Waals surface area contributed by atoms with Crippen molar-refractivity contribution < 1.29 is 14.4 Å². The van der Waals surface area contributed by atoms with Crippen LogP contribution in [-0.4, -0.2) is 24.9 Å². The van der Waals surface area contributed by atoms with Crippen LogP contribution in [0.3, 0.4) is 0 Å². The van der Waals surface area contributed by atoms with Crippen LogP contribution in [0, 0.1) is 24.0 Å². The maximum atomic E-state index is 12.0. The number of hydrogen-bond acceptors (Lipinski definition) is 8. The second kappa shape index (κ2) is 8.12. The molecule has 5 rings (SSSR count). The first kappa shape index (κ1) is 20.3. The molecule has 5 aromatic rings. The molecule has 2 aromatic carbocycles. The molecule has 3 aromatic heterocycles. The highest BCUT2D eigenvalue weighted by molar-refractivity contribution is 5.86. The van der Waals surface area contributed by atoms with Gasteiger partial charge in [0.1, 0.15) is 17.4 Å². The molecule has 0 unspecified atom stereocenters. The van der Waals surface area contributed by atoms with Crippen LogP contribution in [0.4, 0.5) is 5.69 Å². The Bertz CT molecular complexity index is 1430. The van der Waals surface area contributed by atoms with Crippen molar-refractivity contribution in [3.05, 3.63) is 88.5 Å². The predicted octanol–water partition coefficient (Wildman–Crippen LogP) is 5.68. The van der Waals surface area contributed by atoms with Crippen LogP contribution in [0.25, 0.3) is 21.8 Å². The molecular weight excluding hydrogens is 422 g/mol. The zero-order valence-electron chi connectivity index (χ0n) is 17.7. The van der Waals surface area contributed by atoms with Crippen LogP contribution >= 0.6 is 0 Å². The first-order valence-electron chi connectivity index (χ1n) is 10.1.